The van der Waals surface area contributed by atoms with Crippen LogP contribution in [0.15, 0.2) is 35.1 Å². The average molecular weight is 343 g/mol. The van der Waals surface area contributed by atoms with Gasteiger partial charge in [-0.3, -0.25) is 9.78 Å². The predicted molar refractivity (Wildman–Crippen MR) is 97.3 cm³/mol. The number of ether oxygens (including phenoxy) is 2. The van der Waals surface area contributed by atoms with Gasteiger partial charge in [-0.05, 0) is 50.3 Å². The average Bonchev–Trinajstić information content (AvgIpc) is 3.05. The molecule has 1 aliphatic rings. The molecule has 0 aliphatic carbocycles. The van der Waals surface area contributed by atoms with Crippen molar-refractivity contribution in [2.75, 3.05) is 25.6 Å². The lowest BCUT2D eigenvalue weighted by Gasteiger charge is -2.23. The smallest absolute Gasteiger partial charge is 0.252 e. The molecule has 6 nitrogen and oxygen atoms in total. The Morgan fingerprint density at radius 2 is 2.24 bits per heavy atom. The number of rotatable bonds is 7. The number of anilines is 1. The summed E-state index contributed by atoms with van der Waals surface area (Å²) >= 11 is 0. The number of aromatic amines is 1. The number of hydrogen-bond acceptors (Lipinski definition) is 5. The van der Waals surface area contributed by atoms with Gasteiger partial charge in [-0.15, -0.1) is 0 Å². The van der Waals surface area contributed by atoms with Gasteiger partial charge in [0, 0.05) is 19.2 Å². The molecule has 1 aromatic carbocycles. The molecule has 1 aliphatic heterocycles. The Kier molecular flexibility index (Phi) is 5.38. The van der Waals surface area contributed by atoms with Gasteiger partial charge in [0.25, 0.3) is 5.56 Å². The van der Waals surface area contributed by atoms with Gasteiger partial charge in [0.1, 0.15) is 5.75 Å². The van der Waals surface area contributed by atoms with E-state index in [1.807, 2.05) is 24.3 Å². The van der Waals surface area contributed by atoms with Gasteiger partial charge < -0.3 is 14.8 Å². The summed E-state index contributed by atoms with van der Waals surface area (Å²) < 4.78 is 11.0. The van der Waals surface area contributed by atoms with E-state index in [0.717, 1.165) is 42.9 Å². The standard InChI is InChI=1S/C19H25N3O3/c1-19(9-4-10-25-19)13-20-18-21-15(12-17(23)22-18)8-7-14-5-3-6-16(11-14)24-2/h3,5-6,11-12H,4,7-10,13H2,1-2H3,(H2,20,21,22,23). The Morgan fingerprint density at radius 1 is 1.36 bits per heavy atom. The van der Waals surface area contributed by atoms with Crippen LogP contribution in [0.1, 0.15) is 31.0 Å². The van der Waals surface area contributed by atoms with Crippen LogP contribution in [-0.2, 0) is 17.6 Å². The van der Waals surface area contributed by atoms with Crippen molar-refractivity contribution in [3.05, 3.63) is 51.9 Å². The zero-order valence-corrected chi connectivity index (χ0v) is 14.8. The number of aryl methyl sites for hydroxylation is 2. The molecule has 0 amide bonds. The maximum absolute atomic E-state index is 11.9. The van der Waals surface area contributed by atoms with Gasteiger partial charge in [-0.25, -0.2) is 4.98 Å². The molecular weight excluding hydrogens is 318 g/mol. The molecule has 2 heterocycles. The minimum Gasteiger partial charge on any atom is -0.497 e. The molecule has 0 radical (unpaired) electrons. The zero-order valence-electron chi connectivity index (χ0n) is 14.8. The summed E-state index contributed by atoms with van der Waals surface area (Å²) in [6.07, 6.45) is 3.58. The number of nitrogens with zero attached hydrogens (tertiary/aromatic N) is 1. The van der Waals surface area contributed by atoms with E-state index in [9.17, 15) is 4.79 Å². The third-order valence-electron chi connectivity index (χ3n) is 4.53. The minimum absolute atomic E-state index is 0.143. The van der Waals surface area contributed by atoms with Gasteiger partial charge >= 0.3 is 0 Å². The summed E-state index contributed by atoms with van der Waals surface area (Å²) in [6.45, 7) is 3.51. The first-order valence-corrected chi connectivity index (χ1v) is 8.67. The highest BCUT2D eigenvalue weighted by Crippen LogP contribution is 2.24. The lowest BCUT2D eigenvalue weighted by Crippen LogP contribution is -2.33. The first kappa shape index (κ1) is 17.5. The lowest BCUT2D eigenvalue weighted by molar-refractivity contribution is 0.0314. The third-order valence-corrected chi connectivity index (χ3v) is 4.53. The Morgan fingerprint density at radius 3 is 3.00 bits per heavy atom. The zero-order chi connectivity index (χ0) is 17.7. The largest absolute Gasteiger partial charge is 0.497 e. The van der Waals surface area contributed by atoms with Gasteiger partial charge in [0.05, 0.1) is 18.4 Å². The number of H-pyrrole nitrogens is 1. The molecule has 134 valence electrons. The SMILES string of the molecule is COc1cccc(CCc2cc(=O)[nH]c(NCC3(C)CCCO3)n2)c1. The molecule has 1 atom stereocenters. The van der Waals surface area contributed by atoms with E-state index in [1.54, 1.807) is 13.2 Å². The van der Waals surface area contributed by atoms with E-state index in [-0.39, 0.29) is 11.2 Å². The van der Waals surface area contributed by atoms with E-state index < -0.39 is 0 Å². The predicted octanol–water partition coefficient (Wildman–Crippen LogP) is 2.54. The summed E-state index contributed by atoms with van der Waals surface area (Å²) in [5, 5.41) is 3.21. The van der Waals surface area contributed by atoms with Gasteiger partial charge in [-0.1, -0.05) is 12.1 Å². The molecule has 0 bridgehead atoms. The number of hydrogen-bond donors (Lipinski definition) is 2. The second-order valence-corrected chi connectivity index (χ2v) is 6.69. The molecule has 25 heavy (non-hydrogen) atoms. The molecule has 1 saturated heterocycles. The highest BCUT2D eigenvalue weighted by Gasteiger charge is 2.29. The second kappa shape index (κ2) is 7.70. The van der Waals surface area contributed by atoms with Crippen LogP contribution in [-0.4, -0.2) is 35.8 Å². The molecule has 1 fully saturated rings. The van der Waals surface area contributed by atoms with Crippen LogP contribution < -0.4 is 15.6 Å². The van der Waals surface area contributed by atoms with E-state index in [1.165, 1.54) is 0 Å². The van der Waals surface area contributed by atoms with E-state index in [0.29, 0.717) is 18.9 Å². The van der Waals surface area contributed by atoms with Crippen molar-refractivity contribution in [3.63, 3.8) is 0 Å². The monoisotopic (exact) mass is 343 g/mol. The van der Waals surface area contributed by atoms with Gasteiger partial charge in [0.15, 0.2) is 0 Å². The molecule has 1 unspecified atom stereocenters. The molecule has 2 aromatic rings. The van der Waals surface area contributed by atoms with Crippen LogP contribution in [0.3, 0.4) is 0 Å². The first-order chi connectivity index (χ1) is 12.1. The minimum atomic E-state index is -0.185. The summed E-state index contributed by atoms with van der Waals surface area (Å²) in [5.41, 5.74) is 1.60. The van der Waals surface area contributed by atoms with Crippen LogP contribution in [0.5, 0.6) is 5.75 Å². The molecule has 3 rings (SSSR count). The molecule has 1 aromatic heterocycles. The molecular formula is C19H25N3O3. The quantitative estimate of drug-likeness (QED) is 0.808. The molecule has 2 N–H and O–H groups in total. The van der Waals surface area contributed by atoms with Crippen molar-refractivity contribution in [2.45, 2.75) is 38.2 Å². The Bertz CT molecular complexity index is 767. The van der Waals surface area contributed by atoms with Gasteiger partial charge in [0.2, 0.25) is 5.95 Å². The highest BCUT2D eigenvalue weighted by atomic mass is 16.5. The van der Waals surface area contributed by atoms with Crippen LogP contribution in [0.4, 0.5) is 5.95 Å². The van der Waals surface area contributed by atoms with Gasteiger partial charge in [-0.2, -0.15) is 0 Å². The van der Waals surface area contributed by atoms with E-state index in [4.69, 9.17) is 9.47 Å². The summed E-state index contributed by atoms with van der Waals surface area (Å²) in [6, 6.07) is 9.49. The fourth-order valence-electron chi connectivity index (χ4n) is 3.07. The Hall–Kier alpha value is -2.34. The van der Waals surface area contributed by atoms with Crippen molar-refractivity contribution in [3.8, 4) is 5.75 Å². The number of methoxy groups -OCH3 is 1. The van der Waals surface area contributed by atoms with Crippen LogP contribution in [0.2, 0.25) is 0 Å². The van der Waals surface area contributed by atoms with Crippen molar-refractivity contribution < 1.29 is 9.47 Å². The third kappa shape index (κ3) is 4.82. The van der Waals surface area contributed by atoms with Crippen LogP contribution in [0.25, 0.3) is 0 Å². The number of aromatic nitrogens is 2. The van der Waals surface area contributed by atoms with Crippen LogP contribution in [0, 0.1) is 0 Å². The van der Waals surface area contributed by atoms with E-state index in [2.05, 4.69) is 22.2 Å². The summed E-state index contributed by atoms with van der Waals surface area (Å²) in [7, 11) is 1.66. The summed E-state index contributed by atoms with van der Waals surface area (Å²) in [4.78, 5) is 19.2. The lowest BCUT2D eigenvalue weighted by atomic mass is 10.0. The topological polar surface area (TPSA) is 76.2 Å². The second-order valence-electron chi connectivity index (χ2n) is 6.69. The number of nitrogens with one attached hydrogen (secondary N) is 2. The molecule has 6 heteroatoms. The number of benzene rings is 1. The normalized spacial score (nSPS) is 19.8. The molecule has 0 spiro atoms. The van der Waals surface area contributed by atoms with Crippen molar-refractivity contribution >= 4 is 5.95 Å². The van der Waals surface area contributed by atoms with Crippen molar-refractivity contribution in [1.29, 1.82) is 0 Å². The molecule has 0 saturated carbocycles. The highest BCUT2D eigenvalue weighted by molar-refractivity contribution is 5.30. The van der Waals surface area contributed by atoms with Crippen molar-refractivity contribution in [2.24, 2.45) is 0 Å². The fraction of sp³-hybridized carbons (Fsp3) is 0.474. The Balaban J connectivity index is 1.63. The maximum atomic E-state index is 11.9. The summed E-state index contributed by atoms with van der Waals surface area (Å²) in [5.74, 6) is 1.34. The van der Waals surface area contributed by atoms with E-state index >= 15 is 0 Å². The first-order valence-electron chi connectivity index (χ1n) is 8.67. The van der Waals surface area contributed by atoms with Crippen LogP contribution >= 0.6 is 0 Å². The Labute approximate surface area is 147 Å². The fourth-order valence-corrected chi connectivity index (χ4v) is 3.07. The van der Waals surface area contributed by atoms with Crippen molar-refractivity contribution in [1.82, 2.24) is 9.97 Å². The maximum Gasteiger partial charge on any atom is 0.252 e.